The first-order chi connectivity index (χ1) is 15.6. The van der Waals surface area contributed by atoms with Crippen molar-refractivity contribution >= 4 is 49.9 Å². The molecular weight excluding hydrogens is 456 g/mol. The van der Waals surface area contributed by atoms with Gasteiger partial charge < -0.3 is 4.74 Å². The molecule has 7 nitrogen and oxygen atoms in total. The van der Waals surface area contributed by atoms with Crippen LogP contribution < -0.4 is 5.32 Å². The third kappa shape index (κ3) is 6.21. The van der Waals surface area contributed by atoms with Gasteiger partial charge in [-0.05, 0) is 51.5 Å². The van der Waals surface area contributed by atoms with Crippen LogP contribution >= 0.6 is 22.7 Å². The summed E-state index contributed by atoms with van der Waals surface area (Å²) in [5.41, 5.74) is 3.24. The molecule has 9 heteroatoms. The second-order valence-electron chi connectivity index (χ2n) is 8.71. The molecule has 0 saturated heterocycles. The van der Waals surface area contributed by atoms with Crippen LogP contribution in [0.2, 0.25) is 0 Å². The fourth-order valence-corrected chi connectivity index (χ4v) is 4.98. The number of carbonyl (C=O) groups excluding carboxylic acids is 2. The molecule has 0 aliphatic rings. The largest absolute Gasteiger partial charge is 0.444 e. The number of hydrogen-bond acceptors (Lipinski definition) is 8. The second kappa shape index (κ2) is 9.36. The van der Waals surface area contributed by atoms with E-state index in [9.17, 15) is 9.59 Å². The number of hydrogen-bond donors (Lipinski definition) is 1. The molecule has 4 rings (SSSR count). The molecule has 1 amide bonds. The van der Waals surface area contributed by atoms with E-state index in [1.807, 2.05) is 43.3 Å². The molecule has 0 spiro atoms. The highest BCUT2D eigenvalue weighted by Crippen LogP contribution is 2.28. The Hall–Kier alpha value is -3.17. The van der Waals surface area contributed by atoms with E-state index in [1.165, 1.54) is 22.7 Å². The predicted molar refractivity (Wildman–Crippen MR) is 132 cm³/mol. The lowest BCUT2D eigenvalue weighted by molar-refractivity contribution is -0.117. The van der Waals surface area contributed by atoms with Crippen molar-refractivity contribution in [1.82, 2.24) is 15.2 Å². The normalized spacial score (nSPS) is 11.5. The van der Waals surface area contributed by atoms with Crippen molar-refractivity contribution in [2.75, 3.05) is 5.32 Å². The highest BCUT2D eigenvalue weighted by Gasteiger charge is 2.18. The molecule has 4 aromatic rings. The Morgan fingerprint density at radius 1 is 1.03 bits per heavy atom. The van der Waals surface area contributed by atoms with Gasteiger partial charge in [-0.3, -0.25) is 10.1 Å². The molecule has 0 bridgehead atoms. The van der Waals surface area contributed by atoms with Gasteiger partial charge in [-0.25, -0.2) is 9.78 Å². The summed E-state index contributed by atoms with van der Waals surface area (Å²) >= 11 is 2.79. The van der Waals surface area contributed by atoms with Crippen LogP contribution in [0.4, 0.5) is 9.93 Å². The van der Waals surface area contributed by atoms with Crippen LogP contribution in [-0.4, -0.2) is 32.7 Å². The number of aryl methyl sites for hydroxylation is 1. The summed E-state index contributed by atoms with van der Waals surface area (Å²) < 4.78 is 6.16. The van der Waals surface area contributed by atoms with Crippen LogP contribution in [0, 0.1) is 6.92 Å². The van der Waals surface area contributed by atoms with Gasteiger partial charge in [0, 0.05) is 12.0 Å². The topological polar surface area (TPSA) is 94.1 Å². The van der Waals surface area contributed by atoms with Crippen molar-refractivity contribution in [2.45, 2.75) is 46.1 Å². The van der Waals surface area contributed by atoms with E-state index in [4.69, 9.17) is 4.74 Å². The molecule has 0 saturated carbocycles. The van der Waals surface area contributed by atoms with E-state index in [0.29, 0.717) is 16.6 Å². The summed E-state index contributed by atoms with van der Waals surface area (Å²) in [7, 11) is 0. The van der Waals surface area contributed by atoms with E-state index in [-0.39, 0.29) is 12.2 Å². The fraction of sp³-hybridized carbons (Fsp3) is 0.292. The zero-order valence-corrected chi connectivity index (χ0v) is 20.5. The molecular formula is C24H24N4O3S2. The maximum absolute atomic E-state index is 12.7. The van der Waals surface area contributed by atoms with Crippen LogP contribution in [-0.2, 0) is 22.4 Å². The number of fused-ring (bicyclic) bond motifs is 1. The number of nitrogens with one attached hydrogen (secondary N) is 1. The number of amides is 1. The molecule has 0 atom stereocenters. The third-order valence-electron chi connectivity index (χ3n) is 4.54. The van der Waals surface area contributed by atoms with Crippen molar-refractivity contribution in [1.29, 1.82) is 0 Å². The van der Waals surface area contributed by atoms with Gasteiger partial charge in [0.15, 0.2) is 5.13 Å². The van der Waals surface area contributed by atoms with E-state index >= 15 is 0 Å². The van der Waals surface area contributed by atoms with E-state index in [0.717, 1.165) is 31.9 Å². The number of rotatable bonds is 6. The summed E-state index contributed by atoms with van der Waals surface area (Å²) in [6.07, 6.45) is -0.00318. The minimum Gasteiger partial charge on any atom is -0.444 e. The average Bonchev–Trinajstić information content (AvgIpc) is 3.32. The number of carbonyl (C=O) groups is 2. The van der Waals surface area contributed by atoms with Gasteiger partial charge in [0.25, 0.3) is 0 Å². The molecule has 170 valence electrons. The maximum Gasteiger partial charge on any atom is 0.413 e. The number of ketones is 1. The highest BCUT2D eigenvalue weighted by molar-refractivity contribution is 7.22. The van der Waals surface area contributed by atoms with Crippen LogP contribution in [0.1, 0.15) is 36.9 Å². The van der Waals surface area contributed by atoms with Crippen molar-refractivity contribution < 1.29 is 14.3 Å². The number of anilines is 1. The third-order valence-corrected chi connectivity index (χ3v) is 6.45. The second-order valence-corrected chi connectivity index (χ2v) is 10.8. The molecule has 2 aromatic heterocycles. The molecule has 0 aliphatic carbocycles. The Bertz CT molecular complexity index is 1320. The Labute approximate surface area is 199 Å². The van der Waals surface area contributed by atoms with Crippen molar-refractivity contribution in [3.63, 3.8) is 0 Å². The Morgan fingerprint density at radius 2 is 1.85 bits per heavy atom. The summed E-state index contributed by atoms with van der Waals surface area (Å²) in [5.74, 6) is 0.0675. The lowest BCUT2D eigenvalue weighted by Gasteiger charge is -2.18. The van der Waals surface area contributed by atoms with Gasteiger partial charge in [0.05, 0.1) is 16.6 Å². The van der Waals surface area contributed by atoms with Crippen LogP contribution in [0.5, 0.6) is 0 Å². The lowest BCUT2D eigenvalue weighted by atomic mass is 10.1. The molecule has 0 fully saturated rings. The number of nitrogens with zero attached hydrogens (tertiary/aromatic N) is 3. The molecule has 0 aliphatic heterocycles. The summed E-state index contributed by atoms with van der Waals surface area (Å²) in [6, 6.07) is 13.7. The Kier molecular flexibility index (Phi) is 6.53. The molecule has 33 heavy (non-hydrogen) atoms. The van der Waals surface area contributed by atoms with E-state index < -0.39 is 11.7 Å². The first-order valence-electron chi connectivity index (χ1n) is 10.5. The summed E-state index contributed by atoms with van der Waals surface area (Å²) in [6.45, 7) is 7.45. The molecule has 0 unspecified atom stereocenters. The van der Waals surface area contributed by atoms with Crippen LogP contribution in [0.3, 0.4) is 0 Å². The Balaban J connectivity index is 1.39. The fourth-order valence-electron chi connectivity index (χ4n) is 3.20. The number of ether oxygens (including phenoxy) is 1. The van der Waals surface area contributed by atoms with E-state index in [1.54, 1.807) is 20.8 Å². The molecule has 2 aromatic carbocycles. The highest BCUT2D eigenvalue weighted by atomic mass is 32.1. The average molecular weight is 481 g/mol. The van der Waals surface area contributed by atoms with Gasteiger partial charge in [-0.15, -0.1) is 10.2 Å². The molecule has 0 radical (unpaired) electrons. The smallest absolute Gasteiger partial charge is 0.413 e. The number of thiazole rings is 1. The summed E-state index contributed by atoms with van der Waals surface area (Å²) in [5, 5.41) is 13.1. The zero-order valence-electron chi connectivity index (χ0n) is 18.8. The number of benzene rings is 2. The first kappa shape index (κ1) is 23.0. The maximum atomic E-state index is 12.7. The van der Waals surface area contributed by atoms with Crippen molar-refractivity contribution in [2.24, 2.45) is 0 Å². The quantitative estimate of drug-likeness (QED) is 0.373. The lowest BCUT2D eigenvalue weighted by Crippen LogP contribution is -2.27. The van der Waals surface area contributed by atoms with Crippen LogP contribution in [0.15, 0.2) is 42.5 Å². The zero-order chi connectivity index (χ0) is 23.6. The molecule has 1 N–H and O–H groups in total. The Morgan fingerprint density at radius 3 is 2.61 bits per heavy atom. The minimum absolute atomic E-state index is 0.0675. The van der Waals surface area contributed by atoms with E-state index in [2.05, 4.69) is 26.6 Å². The van der Waals surface area contributed by atoms with Crippen molar-refractivity contribution in [3.8, 4) is 10.6 Å². The minimum atomic E-state index is -0.581. The van der Waals surface area contributed by atoms with Crippen LogP contribution in [0.25, 0.3) is 20.8 Å². The number of aromatic nitrogens is 3. The monoisotopic (exact) mass is 480 g/mol. The number of Topliss-reactive ketones (excluding diaryl/α,β-unsaturated/α-hetero) is 1. The van der Waals surface area contributed by atoms with Gasteiger partial charge in [-0.1, -0.05) is 52.5 Å². The van der Waals surface area contributed by atoms with Gasteiger partial charge in [-0.2, -0.15) is 0 Å². The standard InChI is InChI=1S/C24H24N4O3S2/c1-14-6-5-7-16(10-14)21-28-27-20(33-21)13-17(29)11-15-8-9-18-19(12-15)32-22(25-18)26-23(30)31-24(2,3)4/h5-10,12H,11,13H2,1-4H3,(H,25,26,30). The predicted octanol–water partition coefficient (Wildman–Crippen LogP) is 5.82. The van der Waals surface area contributed by atoms with Crippen molar-refractivity contribution in [3.05, 3.63) is 58.6 Å². The van der Waals surface area contributed by atoms with Gasteiger partial charge in [0.1, 0.15) is 21.4 Å². The molecule has 2 heterocycles. The summed E-state index contributed by atoms with van der Waals surface area (Å²) in [4.78, 5) is 29.0. The van der Waals surface area contributed by atoms with Gasteiger partial charge >= 0.3 is 6.09 Å². The van der Waals surface area contributed by atoms with Gasteiger partial charge in [0.2, 0.25) is 0 Å². The SMILES string of the molecule is Cc1cccc(-c2nnc(CC(=O)Cc3ccc4nc(NC(=O)OC(C)(C)C)sc4c3)s2)c1. The first-order valence-corrected chi connectivity index (χ1v) is 12.1.